The number of hydrogen-bond donors (Lipinski definition) is 1. The number of rotatable bonds is 4. The third-order valence-corrected chi connectivity index (χ3v) is 3.50. The predicted molar refractivity (Wildman–Crippen MR) is 71.5 cm³/mol. The Kier molecular flexibility index (Phi) is 3.66. The fraction of sp³-hybridized carbons (Fsp3) is 0.333. The minimum atomic E-state index is 0.114. The average molecular weight is 262 g/mol. The molecule has 6 heteroatoms. The summed E-state index contributed by atoms with van der Waals surface area (Å²) in [6.45, 7) is 5.58. The molecule has 94 valence electrons. The van der Waals surface area contributed by atoms with Gasteiger partial charge >= 0.3 is 0 Å². The molecule has 0 spiro atoms. The molecule has 0 unspecified atom stereocenters. The van der Waals surface area contributed by atoms with Crippen molar-refractivity contribution in [3.05, 3.63) is 28.5 Å². The van der Waals surface area contributed by atoms with Crippen LogP contribution in [0.4, 0.5) is 11.1 Å². The van der Waals surface area contributed by atoms with E-state index in [0.717, 1.165) is 11.4 Å². The Bertz CT molecular complexity index is 579. The molecule has 0 saturated heterocycles. The van der Waals surface area contributed by atoms with Crippen LogP contribution in [-0.4, -0.2) is 20.7 Å². The number of Topliss-reactive ketones (excluding diaryl/α,β-unsaturated/α-hetero) is 1. The normalized spacial score (nSPS) is 10.4. The number of aromatic nitrogens is 3. The molecule has 0 aliphatic carbocycles. The third-order valence-electron chi connectivity index (χ3n) is 2.38. The Morgan fingerprint density at radius 1 is 1.39 bits per heavy atom. The summed E-state index contributed by atoms with van der Waals surface area (Å²) < 4.78 is 0. The van der Waals surface area contributed by atoms with Crippen molar-refractivity contribution < 1.29 is 4.79 Å². The predicted octanol–water partition coefficient (Wildman–Crippen LogP) is 2.89. The van der Waals surface area contributed by atoms with Crippen LogP contribution in [-0.2, 0) is 0 Å². The molecule has 2 rings (SSSR count). The second kappa shape index (κ2) is 5.22. The lowest BCUT2D eigenvalue weighted by Gasteiger charge is -2.00. The van der Waals surface area contributed by atoms with Crippen molar-refractivity contribution in [2.75, 3.05) is 5.32 Å². The first-order valence-corrected chi connectivity index (χ1v) is 6.49. The van der Waals surface area contributed by atoms with Gasteiger partial charge < -0.3 is 5.32 Å². The molecule has 0 aliphatic rings. The molecule has 0 radical (unpaired) electrons. The Morgan fingerprint density at radius 3 is 2.83 bits per heavy atom. The van der Waals surface area contributed by atoms with Crippen LogP contribution in [0.2, 0.25) is 0 Å². The van der Waals surface area contributed by atoms with Crippen LogP contribution in [0, 0.1) is 13.8 Å². The fourth-order valence-electron chi connectivity index (χ4n) is 1.47. The molecule has 5 nitrogen and oxygen atoms in total. The zero-order valence-electron chi connectivity index (χ0n) is 10.5. The maximum absolute atomic E-state index is 11.7. The monoisotopic (exact) mass is 262 g/mol. The van der Waals surface area contributed by atoms with Crippen molar-refractivity contribution in [3.63, 3.8) is 0 Å². The van der Waals surface area contributed by atoms with Crippen LogP contribution in [0.25, 0.3) is 0 Å². The van der Waals surface area contributed by atoms with Gasteiger partial charge in [0.15, 0.2) is 10.9 Å². The van der Waals surface area contributed by atoms with Crippen LogP contribution in [0.5, 0.6) is 0 Å². The second-order valence-electron chi connectivity index (χ2n) is 3.86. The third kappa shape index (κ3) is 2.70. The Balaban J connectivity index is 2.23. The van der Waals surface area contributed by atoms with Crippen molar-refractivity contribution in [3.8, 4) is 0 Å². The molecular weight excluding hydrogens is 248 g/mol. The molecule has 0 amide bonds. The highest BCUT2D eigenvalue weighted by atomic mass is 32.1. The molecule has 2 heterocycles. The second-order valence-corrected chi connectivity index (χ2v) is 4.86. The average Bonchev–Trinajstić information content (AvgIpc) is 2.69. The number of ketones is 1. The number of anilines is 2. The highest BCUT2D eigenvalue weighted by Crippen LogP contribution is 2.25. The highest BCUT2D eigenvalue weighted by molar-refractivity contribution is 7.17. The Morgan fingerprint density at radius 2 is 2.17 bits per heavy atom. The molecule has 2 aromatic heterocycles. The summed E-state index contributed by atoms with van der Waals surface area (Å²) in [6.07, 6.45) is 2.17. The van der Waals surface area contributed by atoms with Gasteiger partial charge in [0.05, 0.1) is 10.6 Å². The maximum atomic E-state index is 11.7. The molecular formula is C12H14N4OS. The molecule has 0 atom stereocenters. The lowest BCUT2D eigenvalue weighted by molar-refractivity contribution is 0.0991. The van der Waals surface area contributed by atoms with Crippen LogP contribution in [0.1, 0.15) is 34.4 Å². The van der Waals surface area contributed by atoms with Crippen LogP contribution in [0.15, 0.2) is 12.3 Å². The van der Waals surface area contributed by atoms with Gasteiger partial charge in [-0.25, -0.2) is 15.0 Å². The van der Waals surface area contributed by atoms with Gasteiger partial charge in [-0.15, -0.1) is 0 Å². The summed E-state index contributed by atoms with van der Waals surface area (Å²) >= 11 is 1.34. The molecule has 0 bridgehead atoms. The Hall–Kier alpha value is -1.82. The van der Waals surface area contributed by atoms with Gasteiger partial charge in [-0.05, 0) is 19.9 Å². The number of nitrogens with zero attached hydrogens (tertiary/aromatic N) is 3. The summed E-state index contributed by atoms with van der Waals surface area (Å²) in [5.41, 5.74) is 1.63. The SMILES string of the molecule is CCC(=O)c1sc(Nc2nccc(C)n2)nc1C. The topological polar surface area (TPSA) is 67.8 Å². The van der Waals surface area contributed by atoms with Crippen molar-refractivity contribution in [1.29, 1.82) is 0 Å². The summed E-state index contributed by atoms with van der Waals surface area (Å²) in [4.78, 5) is 25.0. The maximum Gasteiger partial charge on any atom is 0.229 e. The first kappa shape index (κ1) is 12.6. The van der Waals surface area contributed by atoms with Gasteiger partial charge in [-0.2, -0.15) is 0 Å². The summed E-state index contributed by atoms with van der Waals surface area (Å²) in [6, 6.07) is 1.82. The number of thiazole rings is 1. The van der Waals surface area contributed by atoms with Crippen LogP contribution in [0.3, 0.4) is 0 Å². The summed E-state index contributed by atoms with van der Waals surface area (Å²) in [7, 11) is 0. The van der Waals surface area contributed by atoms with Crippen molar-refractivity contribution >= 4 is 28.2 Å². The molecule has 1 N–H and O–H groups in total. The summed E-state index contributed by atoms with van der Waals surface area (Å²) in [5, 5.41) is 3.67. The quantitative estimate of drug-likeness (QED) is 0.858. The number of carbonyl (C=O) groups is 1. The van der Waals surface area contributed by atoms with Crippen molar-refractivity contribution in [2.24, 2.45) is 0 Å². The molecule has 0 fully saturated rings. The standard InChI is InChI=1S/C12H14N4OS/c1-4-9(17)10-8(3)15-12(18-10)16-11-13-6-5-7(2)14-11/h5-6H,4H2,1-3H3,(H,13,14,15,16). The minimum Gasteiger partial charge on any atom is -0.300 e. The van der Waals surface area contributed by atoms with Gasteiger partial charge in [0, 0.05) is 18.3 Å². The molecule has 2 aromatic rings. The van der Waals surface area contributed by atoms with E-state index in [1.807, 2.05) is 26.8 Å². The van der Waals surface area contributed by atoms with E-state index in [-0.39, 0.29) is 5.78 Å². The number of carbonyl (C=O) groups excluding carboxylic acids is 1. The largest absolute Gasteiger partial charge is 0.300 e. The van der Waals surface area contributed by atoms with E-state index in [4.69, 9.17) is 0 Å². The van der Waals surface area contributed by atoms with E-state index in [1.54, 1.807) is 6.20 Å². The number of aryl methyl sites for hydroxylation is 2. The fourth-order valence-corrected chi connectivity index (χ4v) is 2.44. The van der Waals surface area contributed by atoms with Gasteiger partial charge in [0.25, 0.3) is 0 Å². The first-order chi connectivity index (χ1) is 8.60. The smallest absolute Gasteiger partial charge is 0.229 e. The van der Waals surface area contributed by atoms with E-state index < -0.39 is 0 Å². The van der Waals surface area contributed by atoms with Gasteiger partial charge in [0.1, 0.15) is 0 Å². The van der Waals surface area contributed by atoms with Gasteiger partial charge in [-0.1, -0.05) is 18.3 Å². The molecule has 0 aliphatic heterocycles. The van der Waals surface area contributed by atoms with E-state index in [0.29, 0.717) is 22.4 Å². The first-order valence-electron chi connectivity index (χ1n) is 5.67. The number of hydrogen-bond acceptors (Lipinski definition) is 6. The van der Waals surface area contributed by atoms with Gasteiger partial charge in [-0.3, -0.25) is 4.79 Å². The molecule has 0 aromatic carbocycles. The lowest BCUT2D eigenvalue weighted by Crippen LogP contribution is -1.97. The zero-order valence-corrected chi connectivity index (χ0v) is 11.3. The molecule has 18 heavy (non-hydrogen) atoms. The highest BCUT2D eigenvalue weighted by Gasteiger charge is 2.14. The van der Waals surface area contributed by atoms with E-state index in [2.05, 4.69) is 20.3 Å². The van der Waals surface area contributed by atoms with E-state index in [9.17, 15) is 4.79 Å². The Labute approximate surface area is 109 Å². The van der Waals surface area contributed by atoms with E-state index >= 15 is 0 Å². The van der Waals surface area contributed by atoms with Crippen molar-refractivity contribution in [2.45, 2.75) is 27.2 Å². The van der Waals surface area contributed by atoms with Crippen LogP contribution >= 0.6 is 11.3 Å². The van der Waals surface area contributed by atoms with Crippen molar-refractivity contribution in [1.82, 2.24) is 15.0 Å². The van der Waals surface area contributed by atoms with E-state index in [1.165, 1.54) is 11.3 Å². The summed E-state index contributed by atoms with van der Waals surface area (Å²) in [5.74, 6) is 0.613. The molecule has 0 saturated carbocycles. The van der Waals surface area contributed by atoms with Gasteiger partial charge in [0.2, 0.25) is 5.95 Å². The minimum absolute atomic E-state index is 0.114. The van der Waals surface area contributed by atoms with Crippen LogP contribution < -0.4 is 5.32 Å². The number of nitrogens with one attached hydrogen (secondary N) is 1. The lowest BCUT2D eigenvalue weighted by atomic mass is 10.2. The zero-order chi connectivity index (χ0) is 13.1.